The maximum Gasteiger partial charge on any atom is 0.316 e. The Morgan fingerprint density at radius 2 is 2.06 bits per heavy atom. The van der Waals surface area contributed by atoms with Gasteiger partial charge in [0.25, 0.3) is 6.43 Å². The number of alkyl halides is 2. The van der Waals surface area contributed by atoms with Crippen LogP contribution in [-0.2, 0) is 0 Å². The summed E-state index contributed by atoms with van der Waals surface area (Å²) in [4.78, 5) is 9.85. The van der Waals surface area contributed by atoms with Gasteiger partial charge in [-0.05, 0) is 25.7 Å². The first-order valence-corrected chi connectivity index (χ1v) is 5.76. The first-order chi connectivity index (χ1) is 8.49. The quantitative estimate of drug-likeness (QED) is 0.666. The van der Waals surface area contributed by atoms with E-state index in [0.29, 0.717) is 12.8 Å². The summed E-state index contributed by atoms with van der Waals surface area (Å²) in [6, 6.07) is 0.0531. The first kappa shape index (κ1) is 12.9. The predicted octanol–water partition coefficient (Wildman–Crippen LogP) is 2.17. The molecule has 2 N–H and O–H groups in total. The van der Waals surface area contributed by atoms with Gasteiger partial charge in [0.05, 0.1) is 11.0 Å². The first-order valence-electron chi connectivity index (χ1n) is 5.76. The zero-order valence-electron chi connectivity index (χ0n) is 9.63. The highest BCUT2D eigenvalue weighted by Gasteiger charge is 2.30. The van der Waals surface area contributed by atoms with E-state index in [1.807, 2.05) is 0 Å². The van der Waals surface area contributed by atoms with Crippen molar-refractivity contribution in [2.75, 3.05) is 0 Å². The Kier molecular flexibility index (Phi) is 3.55. The third kappa shape index (κ3) is 2.47. The lowest BCUT2D eigenvalue weighted by Crippen LogP contribution is -2.28. The molecule has 0 bridgehead atoms. The van der Waals surface area contributed by atoms with Crippen molar-refractivity contribution < 1.29 is 13.7 Å². The molecule has 2 rings (SSSR count). The molecule has 0 aromatic carbocycles. The summed E-state index contributed by atoms with van der Waals surface area (Å²) in [5, 5.41) is 14.3. The van der Waals surface area contributed by atoms with E-state index in [4.69, 9.17) is 5.73 Å². The van der Waals surface area contributed by atoms with Crippen LogP contribution in [0.3, 0.4) is 0 Å². The van der Waals surface area contributed by atoms with E-state index in [9.17, 15) is 18.9 Å². The fraction of sp³-hybridized carbons (Fsp3) is 0.700. The van der Waals surface area contributed by atoms with Crippen LogP contribution >= 0.6 is 0 Å². The molecule has 1 aliphatic rings. The fourth-order valence-electron chi connectivity index (χ4n) is 2.25. The van der Waals surface area contributed by atoms with E-state index in [-0.39, 0.29) is 12.1 Å². The Labute approximate surface area is 102 Å². The van der Waals surface area contributed by atoms with E-state index in [1.165, 1.54) is 4.68 Å². The highest BCUT2D eigenvalue weighted by molar-refractivity contribution is 5.33. The molecule has 1 aromatic rings. The lowest BCUT2D eigenvalue weighted by molar-refractivity contribution is -0.386. The Bertz CT molecular complexity index is 441. The molecule has 1 aliphatic carbocycles. The molecule has 1 aromatic heterocycles. The number of hydrogen-bond donors (Lipinski definition) is 1. The lowest BCUT2D eigenvalue weighted by atomic mass is 9.92. The SMILES string of the molecule is NC1CCC(n2cc([N+](=O)[O-])c(C(F)F)n2)CC1. The van der Waals surface area contributed by atoms with E-state index >= 15 is 0 Å². The molecule has 0 atom stereocenters. The van der Waals surface area contributed by atoms with Gasteiger partial charge in [-0.15, -0.1) is 0 Å². The molecular formula is C10H14F2N4O2. The summed E-state index contributed by atoms with van der Waals surface area (Å²) in [6.07, 6.45) is 1.15. The van der Waals surface area contributed by atoms with Crippen LogP contribution in [0.25, 0.3) is 0 Å². The van der Waals surface area contributed by atoms with Crippen LogP contribution in [0.4, 0.5) is 14.5 Å². The van der Waals surface area contributed by atoms with Gasteiger partial charge in [-0.25, -0.2) is 8.78 Å². The zero-order chi connectivity index (χ0) is 13.3. The number of nitrogens with zero attached hydrogens (tertiary/aromatic N) is 3. The van der Waals surface area contributed by atoms with Crippen molar-refractivity contribution in [2.45, 2.75) is 44.2 Å². The van der Waals surface area contributed by atoms with Crippen LogP contribution < -0.4 is 5.73 Å². The maximum absolute atomic E-state index is 12.6. The molecule has 0 radical (unpaired) electrons. The molecule has 0 aliphatic heterocycles. The zero-order valence-corrected chi connectivity index (χ0v) is 9.63. The highest BCUT2D eigenvalue weighted by atomic mass is 19.3. The normalized spacial score (nSPS) is 24.4. The van der Waals surface area contributed by atoms with Gasteiger partial charge >= 0.3 is 5.69 Å². The highest BCUT2D eigenvalue weighted by Crippen LogP contribution is 2.32. The molecular weight excluding hydrogens is 246 g/mol. The van der Waals surface area contributed by atoms with Crippen molar-refractivity contribution in [3.05, 3.63) is 22.0 Å². The van der Waals surface area contributed by atoms with Crippen LogP contribution in [0.1, 0.15) is 43.8 Å². The third-order valence-electron chi connectivity index (χ3n) is 3.26. The molecule has 1 saturated carbocycles. The van der Waals surface area contributed by atoms with Gasteiger partial charge in [0.2, 0.25) is 5.69 Å². The van der Waals surface area contributed by atoms with E-state index in [1.54, 1.807) is 0 Å². The van der Waals surface area contributed by atoms with Gasteiger partial charge in [-0.1, -0.05) is 0 Å². The monoisotopic (exact) mass is 260 g/mol. The molecule has 6 nitrogen and oxygen atoms in total. The number of nitro groups is 1. The smallest absolute Gasteiger partial charge is 0.316 e. The fourth-order valence-corrected chi connectivity index (χ4v) is 2.25. The Morgan fingerprint density at radius 3 is 2.50 bits per heavy atom. The van der Waals surface area contributed by atoms with Crippen molar-refractivity contribution in [3.63, 3.8) is 0 Å². The third-order valence-corrected chi connectivity index (χ3v) is 3.26. The van der Waals surface area contributed by atoms with Gasteiger partial charge < -0.3 is 5.73 Å². The second kappa shape index (κ2) is 4.97. The second-order valence-electron chi connectivity index (χ2n) is 4.51. The average Bonchev–Trinajstić information content (AvgIpc) is 2.75. The summed E-state index contributed by atoms with van der Waals surface area (Å²) in [5.41, 5.74) is 4.38. The topological polar surface area (TPSA) is 87.0 Å². The number of aromatic nitrogens is 2. The molecule has 100 valence electrons. The molecule has 0 unspecified atom stereocenters. The van der Waals surface area contributed by atoms with Crippen LogP contribution in [0.5, 0.6) is 0 Å². The van der Waals surface area contributed by atoms with Crippen molar-refractivity contribution in [1.29, 1.82) is 0 Å². The molecule has 0 saturated heterocycles. The second-order valence-corrected chi connectivity index (χ2v) is 4.51. The number of nitrogens with two attached hydrogens (primary N) is 1. The number of halogens is 2. The van der Waals surface area contributed by atoms with Crippen LogP contribution in [0.2, 0.25) is 0 Å². The van der Waals surface area contributed by atoms with Crippen molar-refractivity contribution in [2.24, 2.45) is 5.73 Å². The minimum Gasteiger partial charge on any atom is -0.328 e. The number of hydrogen-bond acceptors (Lipinski definition) is 4. The standard InChI is InChI=1S/C10H14F2N4O2/c11-10(12)9-8(16(17)18)5-15(14-9)7-3-1-6(13)2-4-7/h5-7,10H,1-4,13H2. The van der Waals surface area contributed by atoms with Gasteiger partial charge in [0.15, 0.2) is 0 Å². The van der Waals surface area contributed by atoms with Crippen LogP contribution in [0.15, 0.2) is 6.20 Å². The Balaban J connectivity index is 2.24. The van der Waals surface area contributed by atoms with Gasteiger partial charge in [-0.3, -0.25) is 14.8 Å². The Morgan fingerprint density at radius 1 is 1.44 bits per heavy atom. The van der Waals surface area contributed by atoms with Crippen molar-refractivity contribution >= 4 is 5.69 Å². The summed E-state index contributed by atoms with van der Waals surface area (Å²) >= 11 is 0. The summed E-state index contributed by atoms with van der Waals surface area (Å²) in [7, 11) is 0. The molecule has 0 spiro atoms. The van der Waals surface area contributed by atoms with E-state index < -0.39 is 22.7 Å². The molecule has 18 heavy (non-hydrogen) atoms. The molecule has 1 heterocycles. The summed E-state index contributed by atoms with van der Waals surface area (Å²) < 4.78 is 26.6. The van der Waals surface area contributed by atoms with Crippen molar-refractivity contribution in [1.82, 2.24) is 9.78 Å². The van der Waals surface area contributed by atoms with E-state index in [2.05, 4.69) is 5.10 Å². The summed E-state index contributed by atoms with van der Waals surface area (Å²) in [5.74, 6) is 0. The van der Waals surface area contributed by atoms with Crippen LogP contribution in [-0.4, -0.2) is 20.7 Å². The predicted molar refractivity (Wildman–Crippen MR) is 59.3 cm³/mol. The van der Waals surface area contributed by atoms with Gasteiger partial charge in [0.1, 0.15) is 6.20 Å². The average molecular weight is 260 g/mol. The minimum absolute atomic E-state index is 0.0731. The molecule has 1 fully saturated rings. The molecule has 8 heteroatoms. The van der Waals surface area contributed by atoms with Crippen LogP contribution in [0, 0.1) is 10.1 Å². The van der Waals surface area contributed by atoms with Gasteiger partial charge in [-0.2, -0.15) is 5.10 Å². The number of rotatable bonds is 3. The minimum atomic E-state index is -2.93. The van der Waals surface area contributed by atoms with E-state index in [0.717, 1.165) is 19.0 Å². The maximum atomic E-state index is 12.6. The largest absolute Gasteiger partial charge is 0.328 e. The van der Waals surface area contributed by atoms with Crippen molar-refractivity contribution in [3.8, 4) is 0 Å². The van der Waals surface area contributed by atoms with Gasteiger partial charge in [0, 0.05) is 6.04 Å². The molecule has 0 amide bonds. The Hall–Kier alpha value is -1.57. The lowest BCUT2D eigenvalue weighted by Gasteiger charge is -2.25. The summed E-state index contributed by atoms with van der Waals surface area (Å²) in [6.45, 7) is 0.